The van der Waals surface area contributed by atoms with E-state index in [0.717, 1.165) is 24.8 Å². The molecule has 1 aliphatic rings. The van der Waals surface area contributed by atoms with E-state index in [1.807, 2.05) is 18.2 Å². The summed E-state index contributed by atoms with van der Waals surface area (Å²) in [6, 6.07) is 5.77. The molecule has 1 fully saturated rings. The molecule has 0 radical (unpaired) electrons. The number of nitrogens with one attached hydrogen (secondary N) is 1. The van der Waals surface area contributed by atoms with Gasteiger partial charge in [-0.2, -0.15) is 0 Å². The Bertz CT molecular complexity index is 455. The largest absolute Gasteiger partial charge is 0.493 e. The maximum atomic E-state index is 11.8. The van der Waals surface area contributed by atoms with Crippen LogP contribution < -0.4 is 14.8 Å². The molecule has 1 aromatic carbocycles. The van der Waals surface area contributed by atoms with E-state index >= 15 is 0 Å². The van der Waals surface area contributed by atoms with Gasteiger partial charge in [-0.25, -0.2) is 0 Å². The number of ether oxygens (including phenoxy) is 3. The first-order valence-corrected chi connectivity index (χ1v) is 6.85. The van der Waals surface area contributed by atoms with Crippen LogP contribution >= 0.6 is 0 Å². The Balaban J connectivity index is 1.83. The highest BCUT2D eigenvalue weighted by Crippen LogP contribution is 2.27. The van der Waals surface area contributed by atoms with Gasteiger partial charge in [0, 0.05) is 13.2 Å². The standard InChI is InChI=1S/C15H21NO4/c1-18-12-6-5-11(10-14(12)19-2)7-8-16-15(17)13-4-3-9-20-13/h5-6,10,13H,3-4,7-9H2,1-2H3,(H,16,17)/t13-/m1/s1. The van der Waals surface area contributed by atoms with Crippen molar-refractivity contribution in [3.8, 4) is 11.5 Å². The molecule has 0 aromatic heterocycles. The molecule has 0 unspecified atom stereocenters. The van der Waals surface area contributed by atoms with Crippen molar-refractivity contribution in [1.29, 1.82) is 0 Å². The number of hydrogen-bond donors (Lipinski definition) is 1. The van der Waals surface area contributed by atoms with Crippen LogP contribution in [0.1, 0.15) is 18.4 Å². The highest BCUT2D eigenvalue weighted by atomic mass is 16.5. The number of carbonyl (C=O) groups excluding carboxylic acids is 1. The normalized spacial score (nSPS) is 17.8. The van der Waals surface area contributed by atoms with E-state index in [9.17, 15) is 4.79 Å². The molecule has 1 heterocycles. The minimum atomic E-state index is -0.264. The number of carbonyl (C=O) groups is 1. The summed E-state index contributed by atoms with van der Waals surface area (Å²) in [6.07, 6.45) is 2.27. The number of benzene rings is 1. The summed E-state index contributed by atoms with van der Waals surface area (Å²) in [5.41, 5.74) is 1.09. The average Bonchev–Trinajstić information content (AvgIpc) is 3.01. The first-order valence-electron chi connectivity index (χ1n) is 6.85. The van der Waals surface area contributed by atoms with Crippen LogP contribution in [-0.4, -0.2) is 39.4 Å². The minimum absolute atomic E-state index is 0.0111. The molecule has 0 saturated carbocycles. The van der Waals surface area contributed by atoms with Crippen molar-refractivity contribution in [3.05, 3.63) is 23.8 Å². The molecule has 0 spiro atoms. The minimum Gasteiger partial charge on any atom is -0.493 e. The predicted octanol–water partition coefficient (Wildman–Crippen LogP) is 1.54. The number of methoxy groups -OCH3 is 2. The molecule has 1 atom stereocenters. The van der Waals surface area contributed by atoms with Gasteiger partial charge in [0.2, 0.25) is 5.91 Å². The summed E-state index contributed by atoms with van der Waals surface area (Å²) in [4.78, 5) is 11.8. The zero-order valence-electron chi connectivity index (χ0n) is 12.0. The van der Waals surface area contributed by atoms with Gasteiger partial charge >= 0.3 is 0 Å². The Morgan fingerprint density at radius 3 is 2.80 bits per heavy atom. The van der Waals surface area contributed by atoms with E-state index < -0.39 is 0 Å². The molecule has 5 heteroatoms. The third kappa shape index (κ3) is 3.63. The van der Waals surface area contributed by atoms with E-state index in [1.54, 1.807) is 14.2 Å². The van der Waals surface area contributed by atoms with Gasteiger partial charge in [0.25, 0.3) is 0 Å². The number of rotatable bonds is 6. The lowest BCUT2D eigenvalue weighted by molar-refractivity contribution is -0.129. The van der Waals surface area contributed by atoms with Crippen molar-refractivity contribution in [2.45, 2.75) is 25.4 Å². The van der Waals surface area contributed by atoms with Gasteiger partial charge in [-0.1, -0.05) is 6.07 Å². The molecule has 1 saturated heterocycles. The van der Waals surface area contributed by atoms with E-state index in [1.165, 1.54) is 0 Å². The summed E-state index contributed by atoms with van der Waals surface area (Å²) >= 11 is 0. The SMILES string of the molecule is COc1ccc(CCNC(=O)[C@H]2CCCO2)cc1OC. The Labute approximate surface area is 119 Å². The molecule has 20 heavy (non-hydrogen) atoms. The maximum absolute atomic E-state index is 11.8. The van der Waals surface area contributed by atoms with Crippen LogP contribution in [0.5, 0.6) is 11.5 Å². The lowest BCUT2D eigenvalue weighted by atomic mass is 10.1. The van der Waals surface area contributed by atoms with Gasteiger partial charge in [0.05, 0.1) is 14.2 Å². The molecular weight excluding hydrogens is 258 g/mol. The molecule has 2 rings (SSSR count). The molecule has 1 N–H and O–H groups in total. The number of hydrogen-bond acceptors (Lipinski definition) is 4. The van der Waals surface area contributed by atoms with Crippen molar-refractivity contribution in [2.24, 2.45) is 0 Å². The van der Waals surface area contributed by atoms with Crippen molar-refractivity contribution >= 4 is 5.91 Å². The Morgan fingerprint density at radius 2 is 2.15 bits per heavy atom. The monoisotopic (exact) mass is 279 g/mol. The second kappa shape index (κ2) is 7.14. The topological polar surface area (TPSA) is 56.8 Å². The summed E-state index contributed by atoms with van der Waals surface area (Å²) < 4.78 is 15.8. The first kappa shape index (κ1) is 14.7. The predicted molar refractivity (Wildman–Crippen MR) is 75.2 cm³/mol. The van der Waals surface area contributed by atoms with Crippen LogP contribution in [-0.2, 0) is 16.0 Å². The summed E-state index contributed by atoms with van der Waals surface area (Å²) in [7, 11) is 3.22. The quantitative estimate of drug-likeness (QED) is 0.858. The van der Waals surface area contributed by atoms with Crippen molar-refractivity contribution in [3.63, 3.8) is 0 Å². The van der Waals surface area contributed by atoms with Gasteiger partial charge in [0.15, 0.2) is 11.5 Å². The van der Waals surface area contributed by atoms with E-state index in [2.05, 4.69) is 5.32 Å². The zero-order chi connectivity index (χ0) is 14.4. The highest BCUT2D eigenvalue weighted by molar-refractivity contribution is 5.80. The molecule has 110 valence electrons. The Kier molecular flexibility index (Phi) is 5.24. The maximum Gasteiger partial charge on any atom is 0.249 e. The van der Waals surface area contributed by atoms with E-state index in [-0.39, 0.29) is 12.0 Å². The number of amides is 1. The molecule has 5 nitrogen and oxygen atoms in total. The summed E-state index contributed by atoms with van der Waals surface area (Å²) in [5, 5.41) is 2.90. The van der Waals surface area contributed by atoms with Crippen molar-refractivity contribution in [1.82, 2.24) is 5.32 Å². The second-order valence-corrected chi connectivity index (χ2v) is 4.73. The van der Waals surface area contributed by atoms with Gasteiger partial charge in [-0.3, -0.25) is 4.79 Å². The van der Waals surface area contributed by atoms with Crippen LogP contribution in [0.2, 0.25) is 0 Å². The summed E-state index contributed by atoms with van der Waals surface area (Å²) in [5.74, 6) is 1.40. The Morgan fingerprint density at radius 1 is 1.35 bits per heavy atom. The van der Waals surface area contributed by atoms with Gasteiger partial charge in [0.1, 0.15) is 6.10 Å². The smallest absolute Gasteiger partial charge is 0.249 e. The lowest BCUT2D eigenvalue weighted by Gasteiger charge is -2.12. The molecule has 1 amide bonds. The molecule has 1 aliphatic heterocycles. The molecule has 0 bridgehead atoms. The fourth-order valence-corrected chi connectivity index (χ4v) is 2.26. The third-order valence-corrected chi connectivity index (χ3v) is 3.38. The fraction of sp³-hybridized carbons (Fsp3) is 0.533. The first-order chi connectivity index (χ1) is 9.74. The van der Waals surface area contributed by atoms with Gasteiger partial charge < -0.3 is 19.5 Å². The van der Waals surface area contributed by atoms with E-state index in [4.69, 9.17) is 14.2 Å². The van der Waals surface area contributed by atoms with Gasteiger partial charge in [-0.05, 0) is 37.0 Å². The molecule has 1 aromatic rings. The zero-order valence-corrected chi connectivity index (χ0v) is 12.0. The van der Waals surface area contributed by atoms with Gasteiger partial charge in [-0.15, -0.1) is 0 Å². The highest BCUT2D eigenvalue weighted by Gasteiger charge is 2.22. The van der Waals surface area contributed by atoms with Crippen LogP contribution in [0, 0.1) is 0 Å². The third-order valence-electron chi connectivity index (χ3n) is 3.38. The van der Waals surface area contributed by atoms with Crippen LogP contribution in [0.3, 0.4) is 0 Å². The lowest BCUT2D eigenvalue weighted by Crippen LogP contribution is -2.35. The second-order valence-electron chi connectivity index (χ2n) is 4.73. The van der Waals surface area contributed by atoms with Crippen LogP contribution in [0.4, 0.5) is 0 Å². The van der Waals surface area contributed by atoms with Crippen molar-refractivity contribution in [2.75, 3.05) is 27.4 Å². The summed E-state index contributed by atoms with van der Waals surface area (Å²) in [6.45, 7) is 1.28. The Hall–Kier alpha value is -1.75. The van der Waals surface area contributed by atoms with Crippen molar-refractivity contribution < 1.29 is 19.0 Å². The van der Waals surface area contributed by atoms with Crippen LogP contribution in [0.25, 0.3) is 0 Å². The average molecular weight is 279 g/mol. The molecule has 0 aliphatic carbocycles. The molecular formula is C15H21NO4. The van der Waals surface area contributed by atoms with Crippen LogP contribution in [0.15, 0.2) is 18.2 Å². The fourth-order valence-electron chi connectivity index (χ4n) is 2.26. The van der Waals surface area contributed by atoms with E-state index in [0.29, 0.717) is 24.7 Å².